The summed E-state index contributed by atoms with van der Waals surface area (Å²) in [6.45, 7) is 0.0404. The fourth-order valence-electron chi connectivity index (χ4n) is 2.81. The van der Waals surface area contributed by atoms with Crippen LogP contribution in [0.3, 0.4) is 0 Å². The maximum Gasteiger partial charge on any atom is 0.230 e. The molecule has 1 amide bonds. The summed E-state index contributed by atoms with van der Waals surface area (Å²) < 4.78 is 14.0. The lowest BCUT2D eigenvalue weighted by Crippen LogP contribution is -2.37. The van der Waals surface area contributed by atoms with E-state index in [9.17, 15) is 14.3 Å². The minimum absolute atomic E-state index is 0.0404. The van der Waals surface area contributed by atoms with Crippen LogP contribution in [0.2, 0.25) is 5.02 Å². The van der Waals surface area contributed by atoms with Crippen molar-refractivity contribution in [3.05, 3.63) is 70.5 Å². The summed E-state index contributed by atoms with van der Waals surface area (Å²) in [6, 6.07) is 13.3. The van der Waals surface area contributed by atoms with Crippen molar-refractivity contribution < 1.29 is 14.3 Å². The Labute approximate surface area is 139 Å². The number of aliphatic hydroxyl groups excluding tert-OH is 1. The minimum atomic E-state index is -0.899. The van der Waals surface area contributed by atoms with Crippen molar-refractivity contribution in [3.63, 3.8) is 0 Å². The Morgan fingerprint density at radius 2 is 1.87 bits per heavy atom. The Kier molecular flexibility index (Phi) is 4.37. The lowest BCUT2D eigenvalue weighted by atomic mass is 9.94. The second-order valence-corrected chi connectivity index (χ2v) is 6.22. The molecular weight excluding hydrogens is 317 g/mol. The summed E-state index contributed by atoms with van der Waals surface area (Å²) in [7, 11) is 0. The van der Waals surface area contributed by atoms with Gasteiger partial charge in [0.1, 0.15) is 5.82 Å². The Morgan fingerprint density at radius 3 is 2.52 bits per heavy atom. The van der Waals surface area contributed by atoms with Gasteiger partial charge in [0, 0.05) is 22.7 Å². The van der Waals surface area contributed by atoms with Gasteiger partial charge in [0.25, 0.3) is 0 Å². The SMILES string of the molecule is O=C(NCC(O)c1ccccc1Cl)C1(c2ccccc2F)CC1. The fourth-order valence-corrected chi connectivity index (χ4v) is 3.07. The second-order valence-electron chi connectivity index (χ2n) is 5.81. The monoisotopic (exact) mass is 333 g/mol. The first-order valence-electron chi connectivity index (χ1n) is 7.50. The van der Waals surface area contributed by atoms with E-state index in [1.165, 1.54) is 6.07 Å². The highest BCUT2D eigenvalue weighted by Crippen LogP contribution is 2.49. The Balaban J connectivity index is 1.68. The van der Waals surface area contributed by atoms with Crippen LogP contribution in [0.1, 0.15) is 30.1 Å². The van der Waals surface area contributed by atoms with E-state index < -0.39 is 11.5 Å². The first-order chi connectivity index (χ1) is 11.0. The van der Waals surface area contributed by atoms with E-state index in [1.807, 2.05) is 0 Å². The van der Waals surface area contributed by atoms with Gasteiger partial charge in [-0.05, 0) is 25.0 Å². The van der Waals surface area contributed by atoms with Gasteiger partial charge in [-0.2, -0.15) is 0 Å². The summed E-state index contributed by atoms with van der Waals surface area (Å²) in [6.07, 6.45) is 0.327. The average molecular weight is 334 g/mol. The summed E-state index contributed by atoms with van der Waals surface area (Å²) in [4.78, 5) is 12.5. The van der Waals surface area contributed by atoms with Crippen LogP contribution in [-0.2, 0) is 10.2 Å². The first kappa shape index (κ1) is 16.0. The number of carbonyl (C=O) groups is 1. The van der Waals surface area contributed by atoms with E-state index in [4.69, 9.17) is 11.6 Å². The highest BCUT2D eigenvalue weighted by Gasteiger charge is 2.52. The summed E-state index contributed by atoms with van der Waals surface area (Å²) in [5, 5.41) is 13.4. The summed E-state index contributed by atoms with van der Waals surface area (Å²) in [5.41, 5.74) is 0.181. The van der Waals surface area contributed by atoms with Gasteiger partial charge in [0.05, 0.1) is 11.5 Å². The average Bonchev–Trinajstić information content (AvgIpc) is 3.35. The van der Waals surface area contributed by atoms with Crippen molar-refractivity contribution in [2.45, 2.75) is 24.4 Å². The van der Waals surface area contributed by atoms with Crippen molar-refractivity contribution in [3.8, 4) is 0 Å². The predicted molar refractivity (Wildman–Crippen MR) is 86.7 cm³/mol. The predicted octanol–water partition coefficient (Wildman–Crippen LogP) is 3.36. The van der Waals surface area contributed by atoms with Crippen LogP contribution in [0, 0.1) is 5.82 Å². The zero-order valence-corrected chi connectivity index (χ0v) is 13.2. The van der Waals surface area contributed by atoms with Gasteiger partial charge in [-0.15, -0.1) is 0 Å². The molecule has 5 heteroatoms. The van der Waals surface area contributed by atoms with E-state index in [-0.39, 0.29) is 18.3 Å². The molecule has 1 unspecified atom stereocenters. The molecule has 0 saturated heterocycles. The van der Waals surface area contributed by atoms with Gasteiger partial charge in [-0.1, -0.05) is 48.0 Å². The van der Waals surface area contributed by atoms with Crippen molar-refractivity contribution in [2.75, 3.05) is 6.54 Å². The van der Waals surface area contributed by atoms with E-state index in [0.29, 0.717) is 29.0 Å². The smallest absolute Gasteiger partial charge is 0.230 e. The van der Waals surface area contributed by atoms with Crippen molar-refractivity contribution in [2.24, 2.45) is 0 Å². The lowest BCUT2D eigenvalue weighted by molar-refractivity contribution is -0.124. The number of halogens is 2. The molecule has 0 spiro atoms. The third kappa shape index (κ3) is 3.09. The molecule has 120 valence electrons. The van der Waals surface area contributed by atoms with Gasteiger partial charge in [0.2, 0.25) is 5.91 Å². The van der Waals surface area contributed by atoms with Crippen molar-refractivity contribution in [1.29, 1.82) is 0 Å². The van der Waals surface area contributed by atoms with E-state index in [1.54, 1.807) is 42.5 Å². The minimum Gasteiger partial charge on any atom is -0.387 e. The molecule has 1 saturated carbocycles. The topological polar surface area (TPSA) is 49.3 Å². The molecule has 0 bridgehead atoms. The van der Waals surface area contributed by atoms with Crippen LogP contribution in [0.25, 0.3) is 0 Å². The molecule has 1 aliphatic rings. The quantitative estimate of drug-likeness (QED) is 0.881. The highest BCUT2D eigenvalue weighted by atomic mass is 35.5. The molecule has 3 rings (SSSR count). The number of amides is 1. The maximum atomic E-state index is 14.0. The number of carbonyl (C=O) groups excluding carboxylic acids is 1. The number of hydrogen-bond donors (Lipinski definition) is 2. The molecule has 2 aromatic carbocycles. The van der Waals surface area contributed by atoms with Crippen molar-refractivity contribution in [1.82, 2.24) is 5.32 Å². The molecule has 2 aromatic rings. The zero-order chi connectivity index (χ0) is 16.4. The Bertz CT molecular complexity index is 730. The largest absolute Gasteiger partial charge is 0.387 e. The van der Waals surface area contributed by atoms with E-state index in [0.717, 1.165) is 0 Å². The van der Waals surface area contributed by atoms with Crippen LogP contribution < -0.4 is 5.32 Å². The standard InChI is InChI=1S/C18H17ClFNO2/c19-14-7-3-1-5-12(14)16(22)11-21-17(23)18(9-10-18)13-6-2-4-8-15(13)20/h1-8,16,22H,9-11H2,(H,21,23). The number of nitrogens with one attached hydrogen (secondary N) is 1. The van der Waals surface area contributed by atoms with Gasteiger partial charge in [-0.25, -0.2) is 4.39 Å². The van der Waals surface area contributed by atoms with Crippen LogP contribution in [0.15, 0.2) is 48.5 Å². The second kappa shape index (κ2) is 6.30. The third-order valence-corrected chi connectivity index (χ3v) is 4.64. The van der Waals surface area contributed by atoms with E-state index in [2.05, 4.69) is 5.32 Å². The van der Waals surface area contributed by atoms with Gasteiger partial charge < -0.3 is 10.4 Å². The molecule has 23 heavy (non-hydrogen) atoms. The number of rotatable bonds is 5. The van der Waals surface area contributed by atoms with Gasteiger partial charge in [0.15, 0.2) is 0 Å². The van der Waals surface area contributed by atoms with Gasteiger partial charge in [-0.3, -0.25) is 4.79 Å². The molecule has 0 aliphatic heterocycles. The number of hydrogen-bond acceptors (Lipinski definition) is 2. The Hall–Kier alpha value is -1.91. The fraction of sp³-hybridized carbons (Fsp3) is 0.278. The van der Waals surface area contributed by atoms with Crippen LogP contribution in [0.4, 0.5) is 4.39 Å². The van der Waals surface area contributed by atoms with E-state index >= 15 is 0 Å². The molecule has 3 nitrogen and oxygen atoms in total. The molecule has 1 atom stereocenters. The normalized spacial score (nSPS) is 16.7. The zero-order valence-electron chi connectivity index (χ0n) is 12.4. The summed E-state index contributed by atoms with van der Waals surface area (Å²) in [5.74, 6) is -0.625. The highest BCUT2D eigenvalue weighted by molar-refractivity contribution is 6.31. The van der Waals surface area contributed by atoms with Crippen LogP contribution in [0.5, 0.6) is 0 Å². The molecule has 1 fully saturated rings. The van der Waals surface area contributed by atoms with Crippen LogP contribution in [-0.4, -0.2) is 17.6 Å². The van der Waals surface area contributed by atoms with Crippen molar-refractivity contribution >= 4 is 17.5 Å². The first-order valence-corrected chi connectivity index (χ1v) is 7.88. The molecule has 0 radical (unpaired) electrons. The maximum absolute atomic E-state index is 14.0. The van der Waals surface area contributed by atoms with Crippen LogP contribution >= 0.6 is 11.6 Å². The molecule has 0 aromatic heterocycles. The van der Waals surface area contributed by atoms with Gasteiger partial charge >= 0.3 is 0 Å². The Morgan fingerprint density at radius 1 is 1.22 bits per heavy atom. The third-order valence-electron chi connectivity index (χ3n) is 4.29. The lowest BCUT2D eigenvalue weighted by Gasteiger charge is -2.19. The summed E-state index contributed by atoms with van der Waals surface area (Å²) >= 11 is 6.03. The number of aliphatic hydroxyl groups is 1. The molecule has 1 aliphatic carbocycles. The molecule has 0 heterocycles. The molecular formula is C18H17ClFNO2. The number of benzene rings is 2. The molecule has 2 N–H and O–H groups in total.